The van der Waals surface area contributed by atoms with Gasteiger partial charge in [-0.05, 0) is 49.9 Å². The van der Waals surface area contributed by atoms with Gasteiger partial charge in [-0.25, -0.2) is 0 Å². The molecule has 3 nitrogen and oxygen atoms in total. The number of hydrogen-bond acceptors (Lipinski definition) is 4. The lowest BCUT2D eigenvalue weighted by molar-refractivity contribution is 0.0976. The van der Waals surface area contributed by atoms with Gasteiger partial charge >= 0.3 is 0 Å². The molecule has 1 aromatic heterocycles. The Labute approximate surface area is 106 Å². The van der Waals surface area contributed by atoms with Crippen molar-refractivity contribution in [2.45, 2.75) is 50.4 Å². The van der Waals surface area contributed by atoms with Crippen LogP contribution in [0.3, 0.4) is 0 Å². The summed E-state index contributed by atoms with van der Waals surface area (Å²) in [5, 5.41) is 10.3. The highest BCUT2D eigenvalue weighted by atomic mass is 32.1. The molecule has 92 valence electrons. The molecule has 0 aliphatic heterocycles. The van der Waals surface area contributed by atoms with Crippen LogP contribution in [-0.4, -0.2) is 10.2 Å². The topological polar surface area (TPSA) is 51.8 Å². The number of fused-ring (bicyclic) bond motifs is 1. The van der Waals surface area contributed by atoms with E-state index in [1.165, 1.54) is 50.0 Å². The first kappa shape index (κ1) is 10.3. The second-order valence-electron chi connectivity index (χ2n) is 6.48. The Morgan fingerprint density at radius 1 is 1.00 bits per heavy atom. The molecular weight excluding hydrogens is 230 g/mol. The van der Waals surface area contributed by atoms with E-state index >= 15 is 0 Å². The molecule has 17 heavy (non-hydrogen) atoms. The third-order valence-corrected chi connectivity index (χ3v) is 6.25. The zero-order chi connectivity index (χ0) is 11.5. The van der Waals surface area contributed by atoms with Gasteiger partial charge in [0.15, 0.2) is 0 Å². The molecule has 0 radical (unpaired) electrons. The maximum atomic E-state index is 5.78. The first-order valence-electron chi connectivity index (χ1n) is 6.83. The Kier molecular flexibility index (Phi) is 2.08. The molecule has 5 rings (SSSR count). The van der Waals surface area contributed by atoms with Crippen LogP contribution in [0.4, 0.5) is 5.13 Å². The summed E-state index contributed by atoms with van der Waals surface area (Å²) < 4.78 is 0. The lowest BCUT2D eigenvalue weighted by Crippen LogP contribution is -2.40. The summed E-state index contributed by atoms with van der Waals surface area (Å²) in [6.45, 7) is 0. The summed E-state index contributed by atoms with van der Waals surface area (Å²) in [5.74, 6) is 2.86. The van der Waals surface area contributed by atoms with Crippen molar-refractivity contribution >= 4 is 16.5 Å². The zero-order valence-electron chi connectivity index (χ0n) is 10.1. The van der Waals surface area contributed by atoms with Crippen LogP contribution < -0.4 is 5.73 Å². The minimum Gasteiger partial charge on any atom is -0.374 e. The van der Waals surface area contributed by atoms with Gasteiger partial charge in [0, 0.05) is 5.41 Å². The molecular formula is C13H19N3S. The molecule has 0 aromatic carbocycles. The zero-order valence-corrected chi connectivity index (χ0v) is 10.9. The number of anilines is 1. The predicted octanol–water partition coefficient (Wildman–Crippen LogP) is 2.98. The summed E-state index contributed by atoms with van der Waals surface area (Å²) in [6.07, 6.45) is 9.94. The fourth-order valence-corrected chi connectivity index (χ4v) is 5.73. The maximum absolute atomic E-state index is 5.78. The lowest BCUT2D eigenvalue weighted by atomic mass is 9.59. The van der Waals surface area contributed by atoms with Crippen LogP contribution in [0.1, 0.15) is 50.0 Å². The van der Waals surface area contributed by atoms with E-state index < -0.39 is 0 Å². The fraction of sp³-hybridized carbons (Fsp3) is 0.846. The molecule has 2 atom stereocenters. The van der Waals surface area contributed by atoms with E-state index in [-0.39, 0.29) is 0 Å². The molecule has 0 amide bonds. The van der Waals surface area contributed by atoms with Crippen molar-refractivity contribution in [2.75, 3.05) is 5.73 Å². The van der Waals surface area contributed by atoms with Crippen LogP contribution in [0.15, 0.2) is 0 Å². The monoisotopic (exact) mass is 249 g/mol. The molecule has 4 aliphatic rings. The molecule has 1 heterocycles. The molecule has 4 bridgehead atoms. The molecule has 0 unspecified atom stereocenters. The second kappa shape index (κ2) is 3.44. The van der Waals surface area contributed by atoms with Gasteiger partial charge in [0.2, 0.25) is 5.13 Å². The second-order valence-corrected chi connectivity index (χ2v) is 7.49. The molecule has 0 spiro atoms. The first-order valence-corrected chi connectivity index (χ1v) is 7.65. The lowest BCUT2D eigenvalue weighted by Gasteiger charge is -2.46. The Morgan fingerprint density at radius 2 is 1.65 bits per heavy atom. The van der Waals surface area contributed by atoms with Gasteiger partial charge in [0.25, 0.3) is 0 Å². The minimum absolute atomic E-state index is 0.363. The maximum Gasteiger partial charge on any atom is 0.203 e. The Balaban J connectivity index is 1.77. The summed E-state index contributed by atoms with van der Waals surface area (Å²) in [6, 6.07) is 0. The molecule has 4 heteroatoms. The van der Waals surface area contributed by atoms with Gasteiger partial charge in [-0.15, -0.1) is 10.2 Å². The van der Waals surface area contributed by atoms with E-state index in [1.807, 2.05) is 0 Å². The molecule has 2 N–H and O–H groups in total. The minimum atomic E-state index is 0.363. The number of nitrogens with zero attached hydrogens (tertiary/aromatic N) is 2. The third kappa shape index (κ3) is 1.53. The van der Waals surface area contributed by atoms with Crippen LogP contribution in [0.25, 0.3) is 0 Å². The van der Waals surface area contributed by atoms with Crippen molar-refractivity contribution in [3.8, 4) is 0 Å². The van der Waals surface area contributed by atoms with E-state index in [9.17, 15) is 0 Å². The quantitative estimate of drug-likeness (QED) is 0.832. The Morgan fingerprint density at radius 3 is 2.24 bits per heavy atom. The van der Waals surface area contributed by atoms with E-state index in [2.05, 4.69) is 10.2 Å². The van der Waals surface area contributed by atoms with Crippen molar-refractivity contribution in [3.05, 3.63) is 5.01 Å². The van der Waals surface area contributed by atoms with Crippen molar-refractivity contribution < 1.29 is 0 Å². The van der Waals surface area contributed by atoms with Gasteiger partial charge in [-0.1, -0.05) is 24.2 Å². The van der Waals surface area contributed by atoms with Crippen LogP contribution in [-0.2, 0) is 5.41 Å². The largest absolute Gasteiger partial charge is 0.374 e. The van der Waals surface area contributed by atoms with E-state index in [1.54, 1.807) is 11.3 Å². The normalized spacial score (nSPS) is 43.9. The summed E-state index contributed by atoms with van der Waals surface area (Å²) in [7, 11) is 0. The summed E-state index contributed by atoms with van der Waals surface area (Å²) in [4.78, 5) is 0. The molecule has 0 saturated heterocycles. The van der Waals surface area contributed by atoms with Gasteiger partial charge in [0.1, 0.15) is 5.01 Å². The number of hydrogen-bond donors (Lipinski definition) is 1. The third-order valence-electron chi connectivity index (χ3n) is 5.25. The number of nitrogens with two attached hydrogens (primary N) is 1. The van der Waals surface area contributed by atoms with Crippen molar-refractivity contribution in [2.24, 2.45) is 17.8 Å². The molecule has 4 aliphatic carbocycles. The average molecular weight is 249 g/mol. The van der Waals surface area contributed by atoms with Crippen LogP contribution in [0.5, 0.6) is 0 Å². The molecule has 4 saturated carbocycles. The molecule has 4 fully saturated rings. The van der Waals surface area contributed by atoms with Crippen molar-refractivity contribution in [1.82, 2.24) is 10.2 Å². The highest BCUT2D eigenvalue weighted by molar-refractivity contribution is 7.15. The average Bonchev–Trinajstić information content (AvgIpc) is 2.62. The van der Waals surface area contributed by atoms with E-state index in [0.29, 0.717) is 10.5 Å². The smallest absolute Gasteiger partial charge is 0.203 e. The first-order chi connectivity index (χ1) is 8.23. The Bertz CT molecular complexity index is 426. The summed E-state index contributed by atoms with van der Waals surface area (Å²) >= 11 is 1.64. The van der Waals surface area contributed by atoms with Crippen molar-refractivity contribution in [1.29, 1.82) is 0 Å². The number of nitrogen functional groups attached to an aromatic ring is 1. The highest BCUT2D eigenvalue weighted by Crippen LogP contribution is 2.58. The van der Waals surface area contributed by atoms with Crippen LogP contribution >= 0.6 is 11.3 Å². The van der Waals surface area contributed by atoms with Gasteiger partial charge in [-0.3, -0.25) is 0 Å². The van der Waals surface area contributed by atoms with Crippen molar-refractivity contribution in [3.63, 3.8) is 0 Å². The van der Waals surface area contributed by atoms with Gasteiger partial charge < -0.3 is 5.73 Å². The standard InChI is InChI=1S/C13H19N3S/c14-12-16-15-11(17-12)13-5-8-1-2-9(6-13)4-10(3-8)7-13/h8-10H,1-7H2,(H2,14,16)/t8-,9-,10?,13?/m0/s1. The van der Waals surface area contributed by atoms with Crippen LogP contribution in [0.2, 0.25) is 0 Å². The number of aromatic nitrogens is 2. The van der Waals surface area contributed by atoms with Gasteiger partial charge in [-0.2, -0.15) is 0 Å². The van der Waals surface area contributed by atoms with Crippen LogP contribution in [0, 0.1) is 17.8 Å². The highest BCUT2D eigenvalue weighted by Gasteiger charge is 2.50. The SMILES string of the molecule is Nc1nnc(C23CC4C[C@H](CC[C@@H](C4)C2)C3)s1. The summed E-state index contributed by atoms with van der Waals surface area (Å²) in [5.41, 5.74) is 6.14. The van der Waals surface area contributed by atoms with E-state index in [0.717, 1.165) is 17.8 Å². The Hall–Kier alpha value is -0.640. The number of rotatable bonds is 1. The predicted molar refractivity (Wildman–Crippen MR) is 68.8 cm³/mol. The fourth-order valence-electron chi connectivity index (χ4n) is 4.90. The van der Waals surface area contributed by atoms with Gasteiger partial charge in [0.05, 0.1) is 0 Å². The van der Waals surface area contributed by atoms with E-state index in [4.69, 9.17) is 5.73 Å². The molecule has 1 aromatic rings.